The van der Waals surface area contributed by atoms with Crippen molar-refractivity contribution >= 4 is 15.7 Å². The van der Waals surface area contributed by atoms with Crippen LogP contribution in [0, 0.1) is 5.92 Å². The molecule has 1 unspecified atom stereocenters. The molecule has 0 spiro atoms. The minimum Gasteiger partial charge on any atom is -0.396 e. The fourth-order valence-electron chi connectivity index (χ4n) is 2.98. The number of hydrogen-bond acceptors (Lipinski definition) is 4. The van der Waals surface area contributed by atoms with Crippen LogP contribution in [0.3, 0.4) is 0 Å². The first-order valence-corrected chi connectivity index (χ1v) is 8.53. The molecular formula is C14H20N2O3S. The molecule has 6 heteroatoms. The predicted octanol–water partition coefficient (Wildman–Crippen LogP) is 1.05. The predicted molar refractivity (Wildman–Crippen MR) is 77.2 cm³/mol. The molecule has 2 aliphatic heterocycles. The van der Waals surface area contributed by atoms with E-state index in [1.54, 1.807) is 12.1 Å². The second kappa shape index (κ2) is 5.35. The van der Waals surface area contributed by atoms with Crippen molar-refractivity contribution in [3.63, 3.8) is 0 Å². The highest BCUT2D eigenvalue weighted by molar-refractivity contribution is 7.89. The maximum absolute atomic E-state index is 12.7. The van der Waals surface area contributed by atoms with E-state index in [4.69, 9.17) is 0 Å². The summed E-state index contributed by atoms with van der Waals surface area (Å²) in [4.78, 5) is 0.374. The Bertz CT molecular complexity index is 600. The topological polar surface area (TPSA) is 69.6 Å². The van der Waals surface area contributed by atoms with E-state index in [0.29, 0.717) is 18.0 Å². The van der Waals surface area contributed by atoms with Crippen molar-refractivity contribution in [1.82, 2.24) is 4.31 Å². The molecule has 0 aliphatic carbocycles. The van der Waals surface area contributed by atoms with E-state index in [1.165, 1.54) is 4.31 Å². The monoisotopic (exact) mass is 296 g/mol. The molecule has 3 rings (SSSR count). The van der Waals surface area contributed by atoms with Gasteiger partial charge in [-0.2, -0.15) is 4.31 Å². The molecule has 0 radical (unpaired) electrons. The first-order chi connectivity index (χ1) is 9.61. The Morgan fingerprint density at radius 1 is 1.40 bits per heavy atom. The van der Waals surface area contributed by atoms with Crippen LogP contribution in [0.1, 0.15) is 18.4 Å². The lowest BCUT2D eigenvalue weighted by molar-refractivity contribution is 0.165. The van der Waals surface area contributed by atoms with Crippen LogP contribution in [0.2, 0.25) is 0 Å². The Hall–Kier alpha value is -1.11. The molecule has 110 valence electrons. The zero-order valence-corrected chi connectivity index (χ0v) is 12.2. The lowest BCUT2D eigenvalue weighted by Gasteiger charge is -2.31. The van der Waals surface area contributed by atoms with Gasteiger partial charge in [0.05, 0.1) is 4.90 Å². The number of aliphatic hydroxyl groups excluding tert-OH is 1. The number of sulfonamides is 1. The summed E-state index contributed by atoms with van der Waals surface area (Å²) in [6.07, 6.45) is 2.59. The SMILES string of the molecule is O=S(=O)(c1ccc2c(c1)CCN2)N1CCCC(CO)C1. The molecule has 2 heterocycles. The Morgan fingerprint density at radius 3 is 3.05 bits per heavy atom. The van der Waals surface area contributed by atoms with Gasteiger partial charge in [0, 0.05) is 31.9 Å². The molecule has 1 atom stereocenters. The number of nitrogens with zero attached hydrogens (tertiary/aromatic N) is 1. The standard InChI is InChI=1S/C14H20N2O3S/c17-10-11-2-1-7-16(9-11)20(18,19)13-3-4-14-12(8-13)5-6-15-14/h3-4,8,11,15,17H,1-2,5-7,9-10H2. The van der Waals surface area contributed by atoms with Gasteiger partial charge in [0.1, 0.15) is 0 Å². The molecule has 1 fully saturated rings. The number of rotatable bonds is 3. The second-order valence-corrected chi connectivity index (χ2v) is 7.49. The van der Waals surface area contributed by atoms with Gasteiger partial charge in [0.25, 0.3) is 0 Å². The van der Waals surface area contributed by atoms with Crippen LogP contribution in [0.5, 0.6) is 0 Å². The van der Waals surface area contributed by atoms with Gasteiger partial charge in [-0.15, -0.1) is 0 Å². The van der Waals surface area contributed by atoms with Gasteiger partial charge in [0.2, 0.25) is 10.0 Å². The highest BCUT2D eigenvalue weighted by atomic mass is 32.2. The number of hydrogen-bond donors (Lipinski definition) is 2. The summed E-state index contributed by atoms with van der Waals surface area (Å²) in [6.45, 7) is 1.90. The molecular weight excluding hydrogens is 276 g/mol. The summed E-state index contributed by atoms with van der Waals surface area (Å²) in [5.74, 6) is 0.0645. The Kier molecular flexibility index (Phi) is 3.70. The van der Waals surface area contributed by atoms with Crippen molar-refractivity contribution in [3.05, 3.63) is 23.8 Å². The van der Waals surface area contributed by atoms with Gasteiger partial charge in [-0.1, -0.05) is 0 Å². The summed E-state index contributed by atoms with van der Waals surface area (Å²) in [5, 5.41) is 12.5. The smallest absolute Gasteiger partial charge is 0.243 e. The molecule has 0 bridgehead atoms. The number of fused-ring (bicyclic) bond motifs is 1. The molecule has 1 aromatic rings. The van der Waals surface area contributed by atoms with Crippen LogP contribution in [-0.2, 0) is 16.4 Å². The maximum Gasteiger partial charge on any atom is 0.243 e. The van der Waals surface area contributed by atoms with E-state index < -0.39 is 10.0 Å². The first kappa shape index (κ1) is 13.9. The highest BCUT2D eigenvalue weighted by Gasteiger charge is 2.30. The number of anilines is 1. The summed E-state index contributed by atoms with van der Waals surface area (Å²) >= 11 is 0. The van der Waals surface area contributed by atoms with Gasteiger partial charge in [-0.05, 0) is 48.9 Å². The van der Waals surface area contributed by atoms with Gasteiger partial charge >= 0.3 is 0 Å². The fraction of sp³-hybridized carbons (Fsp3) is 0.571. The largest absolute Gasteiger partial charge is 0.396 e. The van der Waals surface area contributed by atoms with Crippen molar-refractivity contribution in [1.29, 1.82) is 0 Å². The summed E-state index contributed by atoms with van der Waals surface area (Å²) in [6, 6.07) is 5.31. The van der Waals surface area contributed by atoms with Crippen molar-refractivity contribution in [2.24, 2.45) is 5.92 Å². The summed E-state index contributed by atoms with van der Waals surface area (Å²) in [5.41, 5.74) is 2.11. The molecule has 0 saturated carbocycles. The zero-order chi connectivity index (χ0) is 14.2. The van der Waals surface area contributed by atoms with Gasteiger partial charge in [-0.3, -0.25) is 0 Å². The molecule has 20 heavy (non-hydrogen) atoms. The van der Waals surface area contributed by atoms with Gasteiger partial charge < -0.3 is 10.4 Å². The number of aliphatic hydroxyl groups is 1. The van der Waals surface area contributed by atoms with Crippen LogP contribution >= 0.6 is 0 Å². The third-order valence-corrected chi connectivity index (χ3v) is 6.03. The molecule has 1 saturated heterocycles. The lowest BCUT2D eigenvalue weighted by atomic mass is 10.0. The highest BCUT2D eigenvalue weighted by Crippen LogP contribution is 2.28. The van der Waals surface area contributed by atoms with E-state index in [2.05, 4.69) is 5.32 Å². The van der Waals surface area contributed by atoms with E-state index in [-0.39, 0.29) is 12.5 Å². The summed E-state index contributed by atoms with van der Waals surface area (Å²) in [7, 11) is -3.43. The quantitative estimate of drug-likeness (QED) is 0.874. The van der Waals surface area contributed by atoms with Gasteiger partial charge in [-0.25, -0.2) is 8.42 Å². The first-order valence-electron chi connectivity index (χ1n) is 7.09. The number of nitrogens with one attached hydrogen (secondary N) is 1. The van der Waals surface area contributed by atoms with Crippen LogP contribution in [0.25, 0.3) is 0 Å². The average molecular weight is 296 g/mol. The Balaban J connectivity index is 1.87. The molecule has 5 nitrogen and oxygen atoms in total. The molecule has 2 N–H and O–H groups in total. The van der Waals surface area contributed by atoms with E-state index >= 15 is 0 Å². The van der Waals surface area contributed by atoms with E-state index in [1.807, 2.05) is 6.07 Å². The molecule has 1 aromatic carbocycles. The van der Waals surface area contributed by atoms with E-state index in [9.17, 15) is 13.5 Å². The minimum atomic E-state index is -3.43. The van der Waals surface area contributed by atoms with Crippen molar-refractivity contribution in [3.8, 4) is 0 Å². The maximum atomic E-state index is 12.7. The number of piperidine rings is 1. The summed E-state index contributed by atoms with van der Waals surface area (Å²) < 4.78 is 26.9. The van der Waals surface area contributed by atoms with Crippen molar-refractivity contribution in [2.75, 3.05) is 31.6 Å². The lowest BCUT2D eigenvalue weighted by Crippen LogP contribution is -2.40. The van der Waals surface area contributed by atoms with Crippen LogP contribution in [-0.4, -0.2) is 44.1 Å². The van der Waals surface area contributed by atoms with Crippen molar-refractivity contribution in [2.45, 2.75) is 24.2 Å². The Morgan fingerprint density at radius 2 is 2.25 bits per heavy atom. The van der Waals surface area contributed by atoms with Crippen LogP contribution < -0.4 is 5.32 Å². The normalized spacial score (nSPS) is 23.4. The zero-order valence-electron chi connectivity index (χ0n) is 11.4. The third kappa shape index (κ3) is 2.43. The second-order valence-electron chi connectivity index (χ2n) is 5.55. The number of benzene rings is 1. The fourth-order valence-corrected chi connectivity index (χ4v) is 4.59. The van der Waals surface area contributed by atoms with Gasteiger partial charge in [0.15, 0.2) is 0 Å². The molecule has 0 amide bonds. The molecule has 2 aliphatic rings. The average Bonchev–Trinajstić information content (AvgIpc) is 2.94. The van der Waals surface area contributed by atoms with E-state index in [0.717, 1.165) is 37.1 Å². The van der Waals surface area contributed by atoms with Crippen LogP contribution in [0.15, 0.2) is 23.1 Å². The minimum absolute atomic E-state index is 0.0557. The van der Waals surface area contributed by atoms with Crippen molar-refractivity contribution < 1.29 is 13.5 Å². The van der Waals surface area contributed by atoms with Crippen LogP contribution in [0.4, 0.5) is 5.69 Å². The third-order valence-electron chi connectivity index (χ3n) is 4.16. The molecule has 0 aromatic heterocycles. The Labute approximate surface area is 119 Å².